The van der Waals surface area contributed by atoms with E-state index >= 15 is 0 Å². The quantitative estimate of drug-likeness (QED) is 0.550. The molecule has 4 rings (SSSR count). The predicted molar refractivity (Wildman–Crippen MR) is 106 cm³/mol. The lowest BCUT2D eigenvalue weighted by molar-refractivity contribution is -0.115. The van der Waals surface area contributed by atoms with Crippen LogP contribution in [0.25, 0.3) is 16.2 Å². The van der Waals surface area contributed by atoms with Gasteiger partial charge in [0.2, 0.25) is 5.91 Å². The van der Waals surface area contributed by atoms with Gasteiger partial charge in [0.1, 0.15) is 5.75 Å². The number of amides is 1. The van der Waals surface area contributed by atoms with E-state index in [0.29, 0.717) is 12.3 Å². The topological polar surface area (TPSA) is 68.5 Å². The van der Waals surface area contributed by atoms with Gasteiger partial charge in [-0.3, -0.25) is 14.2 Å². The maximum Gasteiger partial charge on any atom is 0.230 e. The first-order valence-electron chi connectivity index (χ1n) is 8.61. The van der Waals surface area contributed by atoms with E-state index in [-0.39, 0.29) is 12.3 Å². The van der Waals surface area contributed by atoms with Gasteiger partial charge in [0.05, 0.1) is 30.6 Å². The van der Waals surface area contributed by atoms with Crippen LogP contribution < -0.4 is 10.1 Å². The fraction of sp³-hybridized carbons (Fsp3) is 0.150. The van der Waals surface area contributed by atoms with E-state index in [9.17, 15) is 4.79 Å². The van der Waals surface area contributed by atoms with Crippen LogP contribution >= 0.6 is 11.3 Å². The number of rotatable bonds is 6. The number of fused-ring (bicyclic) bond motifs is 1. The predicted octanol–water partition coefficient (Wildman–Crippen LogP) is 4.04. The molecule has 136 valence electrons. The largest absolute Gasteiger partial charge is 0.494 e. The Hall–Kier alpha value is -3.19. The molecule has 0 fully saturated rings. The first-order chi connectivity index (χ1) is 13.2. The molecule has 0 radical (unpaired) electrons. The maximum atomic E-state index is 12.3. The average Bonchev–Trinajstić information content (AvgIpc) is 3.25. The minimum Gasteiger partial charge on any atom is -0.494 e. The summed E-state index contributed by atoms with van der Waals surface area (Å²) in [7, 11) is 0. The van der Waals surface area contributed by atoms with Gasteiger partial charge in [0.25, 0.3) is 0 Å². The molecule has 0 aliphatic carbocycles. The zero-order valence-electron chi connectivity index (χ0n) is 14.8. The third-order valence-electron chi connectivity index (χ3n) is 4.03. The molecular weight excluding hydrogens is 360 g/mol. The third-order valence-corrected chi connectivity index (χ3v) is 4.92. The fourth-order valence-electron chi connectivity index (χ4n) is 2.79. The van der Waals surface area contributed by atoms with Gasteiger partial charge in [-0.05, 0) is 43.3 Å². The van der Waals surface area contributed by atoms with Crippen molar-refractivity contribution in [2.45, 2.75) is 13.3 Å². The van der Waals surface area contributed by atoms with E-state index in [1.165, 1.54) is 11.3 Å². The molecule has 0 saturated carbocycles. The number of anilines is 1. The summed E-state index contributed by atoms with van der Waals surface area (Å²) in [6, 6.07) is 11.5. The van der Waals surface area contributed by atoms with Gasteiger partial charge >= 0.3 is 0 Å². The molecule has 6 nitrogen and oxygen atoms in total. The van der Waals surface area contributed by atoms with Gasteiger partial charge in [-0.25, -0.2) is 4.98 Å². The highest BCUT2D eigenvalue weighted by atomic mass is 32.1. The van der Waals surface area contributed by atoms with Crippen LogP contribution in [-0.2, 0) is 11.2 Å². The number of nitrogens with one attached hydrogen (secondary N) is 1. The highest BCUT2D eigenvalue weighted by Gasteiger charge is 2.13. The van der Waals surface area contributed by atoms with E-state index in [0.717, 1.165) is 27.7 Å². The normalized spacial score (nSPS) is 10.9. The van der Waals surface area contributed by atoms with Crippen LogP contribution in [0.3, 0.4) is 0 Å². The molecule has 7 heteroatoms. The van der Waals surface area contributed by atoms with Gasteiger partial charge in [-0.15, -0.1) is 11.3 Å². The Bertz CT molecular complexity index is 1050. The highest BCUT2D eigenvalue weighted by molar-refractivity contribution is 7.15. The molecule has 0 bridgehead atoms. The minimum absolute atomic E-state index is 0.0842. The molecule has 1 amide bonds. The van der Waals surface area contributed by atoms with E-state index < -0.39 is 0 Å². The molecule has 0 aliphatic rings. The monoisotopic (exact) mass is 378 g/mol. The summed E-state index contributed by atoms with van der Waals surface area (Å²) in [5.41, 5.74) is 3.48. The molecule has 1 aromatic carbocycles. The Kier molecular flexibility index (Phi) is 4.84. The van der Waals surface area contributed by atoms with Crippen molar-refractivity contribution in [2.75, 3.05) is 11.9 Å². The van der Waals surface area contributed by atoms with Crippen molar-refractivity contribution in [3.05, 3.63) is 66.1 Å². The Morgan fingerprint density at radius 1 is 1.26 bits per heavy atom. The Balaban J connectivity index is 1.52. The van der Waals surface area contributed by atoms with E-state index in [4.69, 9.17) is 4.74 Å². The number of carbonyl (C=O) groups excluding carboxylic acids is 1. The van der Waals surface area contributed by atoms with E-state index in [2.05, 4.69) is 15.3 Å². The average molecular weight is 378 g/mol. The Morgan fingerprint density at radius 2 is 2.11 bits per heavy atom. The zero-order valence-corrected chi connectivity index (χ0v) is 15.6. The molecular formula is C20H18N4O2S. The summed E-state index contributed by atoms with van der Waals surface area (Å²) in [4.78, 5) is 21.9. The summed E-state index contributed by atoms with van der Waals surface area (Å²) in [6.45, 7) is 2.60. The number of pyridine rings is 1. The number of imidazole rings is 1. The molecule has 3 aromatic heterocycles. The number of thiazole rings is 1. The molecule has 0 unspecified atom stereocenters. The minimum atomic E-state index is -0.0842. The lowest BCUT2D eigenvalue weighted by atomic mass is 10.1. The van der Waals surface area contributed by atoms with Gasteiger partial charge in [-0.2, -0.15) is 0 Å². The Labute approximate surface area is 160 Å². The second-order valence-corrected chi connectivity index (χ2v) is 6.77. The molecule has 0 saturated heterocycles. The van der Waals surface area contributed by atoms with Crippen molar-refractivity contribution in [1.82, 2.24) is 14.4 Å². The molecule has 4 aromatic rings. The van der Waals surface area contributed by atoms with Gasteiger partial charge < -0.3 is 10.1 Å². The van der Waals surface area contributed by atoms with Crippen molar-refractivity contribution in [3.8, 4) is 17.0 Å². The third kappa shape index (κ3) is 3.83. The van der Waals surface area contributed by atoms with Gasteiger partial charge in [0.15, 0.2) is 4.96 Å². The summed E-state index contributed by atoms with van der Waals surface area (Å²) in [5, 5.41) is 4.82. The van der Waals surface area contributed by atoms with E-state index in [1.807, 2.05) is 53.2 Å². The molecule has 0 aliphatic heterocycles. The second kappa shape index (κ2) is 7.59. The van der Waals surface area contributed by atoms with Crippen LogP contribution in [0.1, 0.15) is 12.6 Å². The number of aromatic nitrogens is 3. The Morgan fingerprint density at radius 3 is 2.85 bits per heavy atom. The lowest BCUT2D eigenvalue weighted by Gasteiger charge is -2.04. The smallest absolute Gasteiger partial charge is 0.230 e. The summed E-state index contributed by atoms with van der Waals surface area (Å²) in [6.07, 6.45) is 5.54. The fourth-order valence-corrected chi connectivity index (χ4v) is 3.66. The maximum absolute atomic E-state index is 12.3. The standard InChI is InChI=1S/C20H18N4O2S/c1-2-26-17-7-5-14(6-8-17)18-12-24-16(13-27-20(24)23-18)10-19(25)22-15-4-3-9-21-11-15/h3-9,11-13H,2,10H2,1H3,(H,22,25). The van der Waals surface area contributed by atoms with Crippen molar-refractivity contribution >= 4 is 27.9 Å². The van der Waals surface area contributed by atoms with Crippen LogP contribution in [0.15, 0.2) is 60.4 Å². The number of ether oxygens (including phenoxy) is 1. The van der Waals surface area contributed by atoms with Crippen molar-refractivity contribution in [3.63, 3.8) is 0 Å². The number of nitrogens with zero attached hydrogens (tertiary/aromatic N) is 3. The van der Waals surface area contributed by atoms with Crippen LogP contribution in [-0.4, -0.2) is 26.9 Å². The van der Waals surface area contributed by atoms with Crippen molar-refractivity contribution in [1.29, 1.82) is 0 Å². The summed E-state index contributed by atoms with van der Waals surface area (Å²) >= 11 is 1.52. The number of hydrogen-bond acceptors (Lipinski definition) is 5. The summed E-state index contributed by atoms with van der Waals surface area (Å²) in [5.74, 6) is 0.758. The van der Waals surface area contributed by atoms with Gasteiger partial charge in [0, 0.05) is 29.0 Å². The van der Waals surface area contributed by atoms with Crippen LogP contribution in [0.4, 0.5) is 5.69 Å². The zero-order chi connectivity index (χ0) is 18.6. The first-order valence-corrected chi connectivity index (χ1v) is 9.49. The first kappa shape index (κ1) is 17.2. The van der Waals surface area contributed by atoms with Crippen LogP contribution in [0.2, 0.25) is 0 Å². The highest BCUT2D eigenvalue weighted by Crippen LogP contribution is 2.25. The number of benzene rings is 1. The molecule has 3 heterocycles. The molecule has 1 N–H and O–H groups in total. The summed E-state index contributed by atoms with van der Waals surface area (Å²) < 4.78 is 7.45. The molecule has 0 spiro atoms. The number of carbonyl (C=O) groups is 1. The number of hydrogen-bond donors (Lipinski definition) is 1. The van der Waals surface area contributed by atoms with Crippen molar-refractivity contribution in [2.24, 2.45) is 0 Å². The van der Waals surface area contributed by atoms with Gasteiger partial charge in [-0.1, -0.05) is 0 Å². The molecule has 27 heavy (non-hydrogen) atoms. The SMILES string of the molecule is CCOc1ccc(-c2cn3c(CC(=O)Nc4cccnc4)csc3n2)cc1. The second-order valence-electron chi connectivity index (χ2n) is 5.93. The van der Waals surface area contributed by atoms with Crippen LogP contribution in [0.5, 0.6) is 5.75 Å². The van der Waals surface area contributed by atoms with E-state index in [1.54, 1.807) is 18.5 Å². The van der Waals surface area contributed by atoms with Crippen molar-refractivity contribution < 1.29 is 9.53 Å². The lowest BCUT2D eigenvalue weighted by Crippen LogP contribution is -2.15. The molecule has 0 atom stereocenters. The van der Waals surface area contributed by atoms with Crippen LogP contribution in [0, 0.1) is 0 Å².